The van der Waals surface area contributed by atoms with Crippen molar-refractivity contribution in [3.63, 3.8) is 0 Å². The Hall–Kier alpha value is -3.62. The van der Waals surface area contributed by atoms with Crippen molar-refractivity contribution in [1.29, 1.82) is 0 Å². The number of nitrogens with one attached hydrogen (secondary N) is 2. The minimum Gasteiger partial charge on any atom is -0.494 e. The Morgan fingerprint density at radius 3 is 2.53 bits per heavy atom. The van der Waals surface area contributed by atoms with Gasteiger partial charge in [-0.3, -0.25) is 9.59 Å². The second kappa shape index (κ2) is 8.86. The number of aromatic amines is 1. The van der Waals surface area contributed by atoms with Crippen LogP contribution in [-0.4, -0.2) is 27.6 Å². The number of hydrogen-bond donors (Lipinski definition) is 2. The molecule has 0 aliphatic heterocycles. The topological polar surface area (TPSA) is 106 Å². The minimum atomic E-state index is -0.713. The van der Waals surface area contributed by atoms with E-state index in [1.165, 1.54) is 37.4 Å². The molecule has 8 nitrogen and oxygen atoms in total. The number of halogens is 2. The lowest BCUT2D eigenvalue weighted by molar-refractivity contribution is 0.0951. The smallest absolute Gasteiger partial charge is 0.334 e. The summed E-state index contributed by atoms with van der Waals surface area (Å²) in [5.74, 6) is 0.0131. The van der Waals surface area contributed by atoms with Gasteiger partial charge in [0.05, 0.1) is 18.0 Å². The molecule has 0 radical (unpaired) electrons. The van der Waals surface area contributed by atoms with Gasteiger partial charge in [-0.1, -0.05) is 35.3 Å². The van der Waals surface area contributed by atoms with Crippen molar-refractivity contribution >= 4 is 40.0 Å². The molecule has 2 N–H and O–H groups in total. The molecule has 0 saturated heterocycles. The van der Waals surface area contributed by atoms with Gasteiger partial charge in [0, 0.05) is 17.1 Å². The van der Waals surface area contributed by atoms with Gasteiger partial charge in [0.1, 0.15) is 5.82 Å². The van der Waals surface area contributed by atoms with E-state index in [9.17, 15) is 14.4 Å². The normalized spacial score (nSPS) is 10.8. The summed E-state index contributed by atoms with van der Waals surface area (Å²) in [7, 11) is 1.43. The number of aromatic nitrogens is 3. The first kappa shape index (κ1) is 21.6. The third kappa shape index (κ3) is 4.23. The van der Waals surface area contributed by atoms with Crippen molar-refractivity contribution in [1.82, 2.24) is 19.9 Å². The van der Waals surface area contributed by atoms with Crippen molar-refractivity contribution in [3.05, 3.63) is 96.7 Å². The van der Waals surface area contributed by atoms with Crippen molar-refractivity contribution in [3.8, 4) is 11.6 Å². The van der Waals surface area contributed by atoms with Crippen LogP contribution in [0.15, 0.2) is 64.2 Å². The number of H-pyrrole nitrogens is 1. The third-order valence-corrected chi connectivity index (χ3v) is 5.30. The number of amides is 1. The fraction of sp³-hybridized carbons (Fsp3) is 0.0909. The van der Waals surface area contributed by atoms with E-state index in [1.807, 2.05) is 12.1 Å². The van der Waals surface area contributed by atoms with Crippen molar-refractivity contribution in [2.24, 2.45) is 0 Å². The summed E-state index contributed by atoms with van der Waals surface area (Å²) in [4.78, 5) is 44.8. The Labute approximate surface area is 191 Å². The van der Waals surface area contributed by atoms with Crippen LogP contribution in [0.3, 0.4) is 0 Å². The Bertz CT molecular complexity index is 1450. The van der Waals surface area contributed by atoms with E-state index < -0.39 is 11.2 Å². The molecule has 4 rings (SSSR count). The highest BCUT2D eigenvalue weighted by Crippen LogP contribution is 2.22. The van der Waals surface area contributed by atoms with E-state index in [4.69, 9.17) is 27.9 Å². The molecular weight excluding hydrogens is 455 g/mol. The van der Waals surface area contributed by atoms with Gasteiger partial charge in [0.15, 0.2) is 10.9 Å². The molecule has 0 unspecified atom stereocenters. The SMILES string of the molecule is COc1ccc(-n2c(=O)[nH]c3cc(C(=O)NCc4ccc(Cl)cc4)ccc3c2=O)nc1Cl. The number of carbonyl (C=O) groups excluding carboxylic acids is 1. The quantitative estimate of drug-likeness (QED) is 0.435. The zero-order chi connectivity index (χ0) is 22.8. The largest absolute Gasteiger partial charge is 0.494 e. The number of benzene rings is 2. The van der Waals surface area contributed by atoms with Crippen LogP contribution in [0.1, 0.15) is 15.9 Å². The minimum absolute atomic E-state index is 0.0177. The summed E-state index contributed by atoms with van der Waals surface area (Å²) in [5, 5.41) is 3.63. The molecule has 0 fully saturated rings. The molecule has 0 saturated carbocycles. The molecule has 32 heavy (non-hydrogen) atoms. The van der Waals surface area contributed by atoms with Crippen LogP contribution in [0.2, 0.25) is 10.2 Å². The molecule has 0 bridgehead atoms. The van der Waals surface area contributed by atoms with Crippen molar-refractivity contribution < 1.29 is 9.53 Å². The number of carbonyl (C=O) groups is 1. The first-order chi connectivity index (χ1) is 15.4. The van der Waals surface area contributed by atoms with Crippen LogP contribution in [0.5, 0.6) is 5.75 Å². The van der Waals surface area contributed by atoms with Crippen molar-refractivity contribution in [2.45, 2.75) is 6.54 Å². The first-order valence-corrected chi connectivity index (χ1v) is 10.2. The Kier molecular flexibility index (Phi) is 5.98. The lowest BCUT2D eigenvalue weighted by atomic mass is 10.1. The van der Waals surface area contributed by atoms with Crippen LogP contribution < -0.4 is 21.3 Å². The van der Waals surface area contributed by atoms with E-state index in [0.29, 0.717) is 22.9 Å². The monoisotopic (exact) mass is 470 g/mol. The van der Waals surface area contributed by atoms with Crippen LogP contribution in [0, 0.1) is 0 Å². The molecule has 10 heteroatoms. The van der Waals surface area contributed by atoms with E-state index in [-0.39, 0.29) is 27.8 Å². The summed E-state index contributed by atoms with van der Waals surface area (Å²) in [5.41, 5.74) is 0.103. The molecule has 0 atom stereocenters. The average molecular weight is 471 g/mol. The lowest BCUT2D eigenvalue weighted by Gasteiger charge is -2.09. The van der Waals surface area contributed by atoms with Crippen LogP contribution in [-0.2, 0) is 6.54 Å². The highest BCUT2D eigenvalue weighted by Gasteiger charge is 2.14. The predicted octanol–water partition coefficient (Wildman–Crippen LogP) is 3.32. The summed E-state index contributed by atoms with van der Waals surface area (Å²) >= 11 is 11.9. The number of ether oxygens (including phenoxy) is 1. The van der Waals surface area contributed by atoms with Gasteiger partial charge in [-0.25, -0.2) is 14.3 Å². The molecule has 0 aliphatic carbocycles. The fourth-order valence-corrected chi connectivity index (χ4v) is 3.50. The van der Waals surface area contributed by atoms with Gasteiger partial charge < -0.3 is 15.0 Å². The summed E-state index contributed by atoms with van der Waals surface area (Å²) in [6.45, 7) is 0.302. The zero-order valence-corrected chi connectivity index (χ0v) is 18.2. The zero-order valence-electron chi connectivity index (χ0n) is 16.7. The molecule has 2 aromatic heterocycles. The van der Waals surface area contributed by atoms with Crippen LogP contribution >= 0.6 is 23.2 Å². The van der Waals surface area contributed by atoms with E-state index in [2.05, 4.69) is 15.3 Å². The van der Waals surface area contributed by atoms with Crippen LogP contribution in [0.25, 0.3) is 16.7 Å². The van der Waals surface area contributed by atoms with E-state index >= 15 is 0 Å². The summed E-state index contributed by atoms with van der Waals surface area (Å²) in [6, 6.07) is 14.5. The average Bonchev–Trinajstić information content (AvgIpc) is 2.78. The van der Waals surface area contributed by atoms with Gasteiger partial charge in [-0.2, -0.15) is 0 Å². The fourth-order valence-electron chi connectivity index (χ4n) is 3.14. The molecule has 4 aromatic rings. The third-order valence-electron chi connectivity index (χ3n) is 4.78. The number of hydrogen-bond acceptors (Lipinski definition) is 5. The van der Waals surface area contributed by atoms with Crippen molar-refractivity contribution in [2.75, 3.05) is 7.11 Å². The van der Waals surface area contributed by atoms with Gasteiger partial charge in [-0.15, -0.1) is 0 Å². The first-order valence-electron chi connectivity index (χ1n) is 9.40. The maximum absolute atomic E-state index is 13.0. The maximum Gasteiger partial charge on any atom is 0.334 e. The Balaban J connectivity index is 1.65. The van der Waals surface area contributed by atoms with E-state index in [1.54, 1.807) is 12.1 Å². The molecule has 2 aromatic carbocycles. The van der Waals surface area contributed by atoms with Gasteiger partial charge in [0.25, 0.3) is 11.5 Å². The molecule has 1 amide bonds. The maximum atomic E-state index is 13.0. The summed E-state index contributed by atoms with van der Waals surface area (Å²) in [6.07, 6.45) is 0. The lowest BCUT2D eigenvalue weighted by Crippen LogP contribution is -2.34. The predicted molar refractivity (Wildman–Crippen MR) is 122 cm³/mol. The van der Waals surface area contributed by atoms with Gasteiger partial charge >= 0.3 is 5.69 Å². The van der Waals surface area contributed by atoms with Gasteiger partial charge in [-0.05, 0) is 48.0 Å². The van der Waals surface area contributed by atoms with E-state index in [0.717, 1.165) is 10.1 Å². The second-order valence-electron chi connectivity index (χ2n) is 6.80. The number of pyridine rings is 1. The number of rotatable bonds is 5. The molecule has 162 valence electrons. The second-order valence-corrected chi connectivity index (χ2v) is 7.60. The summed E-state index contributed by atoms with van der Waals surface area (Å²) < 4.78 is 5.91. The highest BCUT2D eigenvalue weighted by molar-refractivity contribution is 6.31. The van der Waals surface area contributed by atoms with Crippen LogP contribution in [0.4, 0.5) is 0 Å². The molecule has 0 spiro atoms. The van der Waals surface area contributed by atoms with Gasteiger partial charge in [0.2, 0.25) is 0 Å². The molecule has 2 heterocycles. The number of fused-ring (bicyclic) bond motifs is 1. The Morgan fingerprint density at radius 2 is 1.84 bits per heavy atom. The highest BCUT2D eigenvalue weighted by atomic mass is 35.5. The standard InChI is InChI=1S/C22H16Cl2N4O4/c1-32-17-8-9-18(27-19(17)24)28-21(30)15-7-4-13(10-16(15)26-22(28)31)20(29)25-11-12-2-5-14(23)6-3-12/h2-10H,11H2,1H3,(H,25,29)(H,26,31). The number of nitrogens with zero attached hydrogens (tertiary/aromatic N) is 2. The molecular formula is C22H16Cl2N4O4. The Morgan fingerprint density at radius 1 is 1.09 bits per heavy atom. The molecule has 0 aliphatic rings. The number of methoxy groups -OCH3 is 1.